The minimum absolute atomic E-state index is 0.433. The summed E-state index contributed by atoms with van der Waals surface area (Å²) >= 11 is 4.99. The van der Waals surface area contributed by atoms with Crippen molar-refractivity contribution >= 4 is 17.2 Å². The maximum atomic E-state index is 5.64. The van der Waals surface area contributed by atoms with E-state index in [1.807, 2.05) is 24.3 Å². The third-order valence-electron chi connectivity index (χ3n) is 2.38. The molecule has 88 valence electrons. The second-order valence-corrected chi connectivity index (χ2v) is 4.70. The van der Waals surface area contributed by atoms with Crippen LogP contribution in [0.2, 0.25) is 0 Å². The van der Waals surface area contributed by atoms with E-state index in [4.69, 9.17) is 22.7 Å². The zero-order valence-electron chi connectivity index (χ0n) is 9.90. The molecule has 0 radical (unpaired) electrons. The van der Waals surface area contributed by atoms with E-state index in [1.165, 1.54) is 0 Å². The van der Waals surface area contributed by atoms with Crippen LogP contribution in [0, 0.1) is 5.92 Å². The molecule has 0 fully saturated rings. The lowest BCUT2D eigenvalue weighted by Gasteiger charge is -2.09. The topological polar surface area (TPSA) is 35.2 Å². The first-order valence-corrected chi connectivity index (χ1v) is 5.97. The van der Waals surface area contributed by atoms with Gasteiger partial charge in [0.15, 0.2) is 0 Å². The third-order valence-corrected chi connectivity index (χ3v) is 2.60. The van der Waals surface area contributed by atoms with E-state index >= 15 is 0 Å². The van der Waals surface area contributed by atoms with Crippen LogP contribution in [0.4, 0.5) is 0 Å². The second kappa shape index (κ2) is 6.61. The van der Waals surface area contributed by atoms with Crippen LogP contribution >= 0.6 is 12.2 Å². The van der Waals surface area contributed by atoms with E-state index < -0.39 is 0 Å². The van der Waals surface area contributed by atoms with E-state index in [2.05, 4.69) is 13.8 Å². The summed E-state index contributed by atoms with van der Waals surface area (Å²) in [5.74, 6) is 0.672. The van der Waals surface area contributed by atoms with Gasteiger partial charge in [-0.15, -0.1) is 0 Å². The highest BCUT2D eigenvalue weighted by Crippen LogP contribution is 2.10. The molecule has 1 aromatic rings. The maximum Gasteiger partial charge on any atom is 0.104 e. The van der Waals surface area contributed by atoms with Crippen LogP contribution in [-0.4, -0.2) is 11.6 Å². The molecule has 1 aromatic carbocycles. The van der Waals surface area contributed by atoms with Crippen molar-refractivity contribution in [1.29, 1.82) is 0 Å². The summed E-state index contributed by atoms with van der Waals surface area (Å²) in [5.41, 5.74) is 7.63. The van der Waals surface area contributed by atoms with Crippen LogP contribution in [0.1, 0.15) is 31.4 Å². The molecule has 0 spiro atoms. The molecule has 0 saturated heterocycles. The Morgan fingerprint density at radius 3 is 2.69 bits per heavy atom. The fraction of sp³-hybridized carbons (Fsp3) is 0.462. The Bertz CT molecular complexity index is 350. The maximum absolute atomic E-state index is 5.64. The third kappa shape index (κ3) is 4.29. The molecule has 0 aliphatic rings. The molecule has 0 aliphatic heterocycles. The van der Waals surface area contributed by atoms with Crippen molar-refractivity contribution < 1.29 is 4.74 Å². The molecule has 0 heterocycles. The Morgan fingerprint density at radius 1 is 1.38 bits per heavy atom. The standard InChI is InChI=1S/C13H19NOS/c1-10(2)7-8-15-9-11-5-3-4-6-12(11)13(14)16/h3-6,10H,7-9H2,1-2H3,(H2,14,16). The van der Waals surface area contributed by atoms with E-state index in [0.717, 1.165) is 24.2 Å². The number of hydrogen-bond donors (Lipinski definition) is 1. The van der Waals surface area contributed by atoms with E-state index in [9.17, 15) is 0 Å². The molecule has 2 N–H and O–H groups in total. The molecule has 16 heavy (non-hydrogen) atoms. The monoisotopic (exact) mass is 237 g/mol. The zero-order chi connectivity index (χ0) is 12.0. The van der Waals surface area contributed by atoms with Crippen LogP contribution in [0.3, 0.4) is 0 Å². The summed E-state index contributed by atoms with van der Waals surface area (Å²) in [4.78, 5) is 0.433. The molecule has 0 bridgehead atoms. The fourth-order valence-corrected chi connectivity index (χ4v) is 1.59. The molecular formula is C13H19NOS. The molecule has 3 heteroatoms. The summed E-state index contributed by atoms with van der Waals surface area (Å²) in [6, 6.07) is 7.85. The van der Waals surface area contributed by atoms with Crippen molar-refractivity contribution in [2.45, 2.75) is 26.9 Å². The Balaban J connectivity index is 2.50. The van der Waals surface area contributed by atoms with Gasteiger partial charge in [0.1, 0.15) is 4.99 Å². The number of rotatable bonds is 6. The van der Waals surface area contributed by atoms with Crippen LogP contribution < -0.4 is 5.73 Å². The summed E-state index contributed by atoms with van der Waals surface area (Å²) in [6.45, 7) is 5.74. The van der Waals surface area contributed by atoms with E-state index in [0.29, 0.717) is 17.5 Å². The van der Waals surface area contributed by atoms with Crippen molar-refractivity contribution in [3.05, 3.63) is 35.4 Å². The van der Waals surface area contributed by atoms with Crippen LogP contribution in [-0.2, 0) is 11.3 Å². The Morgan fingerprint density at radius 2 is 2.06 bits per heavy atom. The number of benzene rings is 1. The number of ether oxygens (including phenoxy) is 1. The first-order valence-electron chi connectivity index (χ1n) is 5.56. The van der Waals surface area contributed by atoms with Crippen molar-refractivity contribution in [2.75, 3.05) is 6.61 Å². The normalized spacial score (nSPS) is 10.7. The summed E-state index contributed by atoms with van der Waals surface area (Å²) < 4.78 is 5.61. The lowest BCUT2D eigenvalue weighted by atomic mass is 10.1. The van der Waals surface area contributed by atoms with Gasteiger partial charge in [-0.05, 0) is 17.9 Å². The van der Waals surface area contributed by atoms with Gasteiger partial charge in [-0.1, -0.05) is 50.3 Å². The van der Waals surface area contributed by atoms with Crippen LogP contribution in [0.25, 0.3) is 0 Å². The van der Waals surface area contributed by atoms with Crippen molar-refractivity contribution in [2.24, 2.45) is 11.7 Å². The quantitative estimate of drug-likeness (QED) is 0.610. The van der Waals surface area contributed by atoms with Crippen molar-refractivity contribution in [3.8, 4) is 0 Å². The average molecular weight is 237 g/mol. The van der Waals surface area contributed by atoms with Crippen LogP contribution in [0.15, 0.2) is 24.3 Å². The van der Waals surface area contributed by atoms with Gasteiger partial charge in [-0.3, -0.25) is 0 Å². The molecule has 1 rings (SSSR count). The lowest BCUT2D eigenvalue weighted by molar-refractivity contribution is 0.110. The first kappa shape index (κ1) is 13.1. The minimum Gasteiger partial charge on any atom is -0.389 e. The second-order valence-electron chi connectivity index (χ2n) is 4.26. The smallest absolute Gasteiger partial charge is 0.104 e. The van der Waals surface area contributed by atoms with Crippen molar-refractivity contribution in [3.63, 3.8) is 0 Å². The number of hydrogen-bond acceptors (Lipinski definition) is 2. The van der Waals surface area contributed by atoms with Gasteiger partial charge >= 0.3 is 0 Å². The highest BCUT2D eigenvalue weighted by atomic mass is 32.1. The highest BCUT2D eigenvalue weighted by Gasteiger charge is 2.04. The Labute approximate surface area is 103 Å². The van der Waals surface area contributed by atoms with Gasteiger partial charge in [0.05, 0.1) is 6.61 Å². The van der Waals surface area contributed by atoms with Gasteiger partial charge in [-0.2, -0.15) is 0 Å². The highest BCUT2D eigenvalue weighted by molar-refractivity contribution is 7.80. The molecule has 0 amide bonds. The van der Waals surface area contributed by atoms with E-state index in [1.54, 1.807) is 0 Å². The number of thiocarbonyl (C=S) groups is 1. The predicted molar refractivity (Wildman–Crippen MR) is 71.4 cm³/mol. The first-order chi connectivity index (χ1) is 7.61. The molecule has 0 aliphatic carbocycles. The number of nitrogens with two attached hydrogens (primary N) is 1. The summed E-state index contributed by atoms with van der Waals surface area (Å²) in [7, 11) is 0. The van der Waals surface area contributed by atoms with E-state index in [-0.39, 0.29) is 0 Å². The Hall–Kier alpha value is -0.930. The van der Waals surface area contributed by atoms with Gasteiger partial charge in [0.2, 0.25) is 0 Å². The van der Waals surface area contributed by atoms with Crippen molar-refractivity contribution in [1.82, 2.24) is 0 Å². The van der Waals surface area contributed by atoms with Gasteiger partial charge in [-0.25, -0.2) is 0 Å². The molecule has 0 saturated carbocycles. The van der Waals surface area contributed by atoms with Gasteiger partial charge < -0.3 is 10.5 Å². The SMILES string of the molecule is CC(C)CCOCc1ccccc1C(N)=S. The molecular weight excluding hydrogens is 218 g/mol. The molecule has 0 unspecified atom stereocenters. The Kier molecular flexibility index (Phi) is 5.43. The van der Waals surface area contributed by atoms with Gasteiger partial charge in [0.25, 0.3) is 0 Å². The summed E-state index contributed by atoms with van der Waals surface area (Å²) in [5, 5.41) is 0. The lowest BCUT2D eigenvalue weighted by Crippen LogP contribution is -2.13. The molecule has 0 atom stereocenters. The average Bonchev–Trinajstić information content (AvgIpc) is 2.24. The minimum atomic E-state index is 0.433. The fourth-order valence-electron chi connectivity index (χ4n) is 1.39. The van der Waals surface area contributed by atoms with Gasteiger partial charge in [0, 0.05) is 12.2 Å². The zero-order valence-corrected chi connectivity index (χ0v) is 10.7. The van der Waals surface area contributed by atoms with Crippen LogP contribution in [0.5, 0.6) is 0 Å². The molecule has 2 nitrogen and oxygen atoms in total. The predicted octanol–water partition coefficient (Wildman–Crippen LogP) is 2.88. The largest absolute Gasteiger partial charge is 0.389 e. The summed E-state index contributed by atoms with van der Waals surface area (Å²) in [6.07, 6.45) is 1.08. The molecule has 0 aromatic heterocycles.